The van der Waals surface area contributed by atoms with Crippen LogP contribution in [-0.4, -0.2) is 21.4 Å². The van der Waals surface area contributed by atoms with Crippen LogP contribution < -0.4 is 10.1 Å². The van der Waals surface area contributed by atoms with Crippen LogP contribution in [0.25, 0.3) is 0 Å². The van der Waals surface area contributed by atoms with Gasteiger partial charge in [0.1, 0.15) is 17.9 Å². The first-order valence-corrected chi connectivity index (χ1v) is 6.67. The summed E-state index contributed by atoms with van der Waals surface area (Å²) in [6, 6.07) is 7.93. The SMILES string of the molecule is CCCn1ncnc1CNc1ccc(OCC)cc1. The predicted molar refractivity (Wildman–Crippen MR) is 75.3 cm³/mol. The molecule has 0 radical (unpaired) electrons. The van der Waals surface area contributed by atoms with Crippen molar-refractivity contribution in [2.24, 2.45) is 0 Å². The smallest absolute Gasteiger partial charge is 0.146 e. The van der Waals surface area contributed by atoms with Crippen molar-refractivity contribution in [2.75, 3.05) is 11.9 Å². The Morgan fingerprint density at radius 1 is 1.21 bits per heavy atom. The summed E-state index contributed by atoms with van der Waals surface area (Å²) in [5.74, 6) is 1.85. The zero-order valence-electron chi connectivity index (χ0n) is 11.5. The summed E-state index contributed by atoms with van der Waals surface area (Å²) in [5, 5.41) is 7.54. The van der Waals surface area contributed by atoms with Gasteiger partial charge in [-0.05, 0) is 37.6 Å². The van der Waals surface area contributed by atoms with E-state index in [1.165, 1.54) is 0 Å². The Kier molecular flexibility index (Phi) is 4.78. The zero-order valence-corrected chi connectivity index (χ0v) is 11.5. The minimum Gasteiger partial charge on any atom is -0.494 e. The lowest BCUT2D eigenvalue weighted by Crippen LogP contribution is -2.10. The van der Waals surface area contributed by atoms with Gasteiger partial charge in [-0.15, -0.1) is 0 Å². The number of rotatable bonds is 7. The van der Waals surface area contributed by atoms with E-state index in [0.29, 0.717) is 13.2 Å². The van der Waals surface area contributed by atoms with Gasteiger partial charge in [-0.1, -0.05) is 6.92 Å². The molecule has 5 nitrogen and oxygen atoms in total. The third-order valence-electron chi connectivity index (χ3n) is 2.75. The van der Waals surface area contributed by atoms with Crippen LogP contribution in [0, 0.1) is 0 Å². The van der Waals surface area contributed by atoms with E-state index in [4.69, 9.17) is 4.74 Å². The fourth-order valence-electron chi connectivity index (χ4n) is 1.84. The number of hydrogen-bond acceptors (Lipinski definition) is 4. The van der Waals surface area contributed by atoms with E-state index in [-0.39, 0.29) is 0 Å². The Balaban J connectivity index is 1.92. The molecular formula is C14H20N4O. The molecule has 0 amide bonds. The van der Waals surface area contributed by atoms with Crippen LogP contribution in [0.15, 0.2) is 30.6 Å². The van der Waals surface area contributed by atoms with Gasteiger partial charge < -0.3 is 10.1 Å². The molecule has 0 fully saturated rings. The van der Waals surface area contributed by atoms with E-state index in [1.807, 2.05) is 35.9 Å². The highest BCUT2D eigenvalue weighted by atomic mass is 16.5. The number of hydrogen-bond donors (Lipinski definition) is 1. The molecule has 2 aromatic rings. The molecule has 5 heteroatoms. The van der Waals surface area contributed by atoms with Crippen molar-refractivity contribution < 1.29 is 4.74 Å². The molecule has 0 aliphatic carbocycles. The van der Waals surface area contributed by atoms with Gasteiger partial charge in [-0.25, -0.2) is 9.67 Å². The second-order valence-electron chi connectivity index (χ2n) is 4.21. The Labute approximate surface area is 113 Å². The Bertz CT molecular complexity index is 492. The van der Waals surface area contributed by atoms with E-state index in [1.54, 1.807) is 6.33 Å². The van der Waals surface area contributed by atoms with E-state index in [9.17, 15) is 0 Å². The molecule has 102 valence electrons. The molecule has 0 aliphatic heterocycles. The minimum atomic E-state index is 0.675. The highest BCUT2D eigenvalue weighted by Crippen LogP contribution is 2.16. The molecule has 19 heavy (non-hydrogen) atoms. The van der Waals surface area contributed by atoms with Crippen LogP contribution in [0.2, 0.25) is 0 Å². The number of ether oxygens (including phenoxy) is 1. The number of nitrogens with one attached hydrogen (secondary N) is 1. The van der Waals surface area contributed by atoms with E-state index >= 15 is 0 Å². The lowest BCUT2D eigenvalue weighted by atomic mass is 10.3. The number of aromatic nitrogens is 3. The molecule has 0 atom stereocenters. The standard InChI is InChI=1S/C14H20N4O/c1-3-9-18-14(16-11-17-18)10-15-12-5-7-13(8-6-12)19-4-2/h5-8,11,15H,3-4,9-10H2,1-2H3. The molecule has 0 saturated carbocycles. The zero-order chi connectivity index (χ0) is 13.5. The topological polar surface area (TPSA) is 52.0 Å². The normalized spacial score (nSPS) is 10.4. The molecule has 1 heterocycles. The maximum atomic E-state index is 5.41. The van der Waals surface area contributed by atoms with Crippen LogP contribution in [0.3, 0.4) is 0 Å². The summed E-state index contributed by atoms with van der Waals surface area (Å²) in [5.41, 5.74) is 1.05. The first kappa shape index (κ1) is 13.4. The summed E-state index contributed by atoms with van der Waals surface area (Å²) in [7, 11) is 0. The number of benzene rings is 1. The summed E-state index contributed by atoms with van der Waals surface area (Å²) in [6.07, 6.45) is 2.66. The average molecular weight is 260 g/mol. The molecular weight excluding hydrogens is 240 g/mol. The number of aryl methyl sites for hydroxylation is 1. The summed E-state index contributed by atoms with van der Waals surface area (Å²) >= 11 is 0. The van der Waals surface area contributed by atoms with Crippen molar-refractivity contribution in [3.05, 3.63) is 36.4 Å². The van der Waals surface area contributed by atoms with Gasteiger partial charge in [0.15, 0.2) is 0 Å². The van der Waals surface area contributed by atoms with Crippen LogP contribution in [0.1, 0.15) is 26.1 Å². The third-order valence-corrected chi connectivity index (χ3v) is 2.75. The maximum Gasteiger partial charge on any atom is 0.146 e. The Morgan fingerprint density at radius 2 is 2.00 bits per heavy atom. The van der Waals surface area contributed by atoms with Crippen molar-refractivity contribution in [1.29, 1.82) is 0 Å². The predicted octanol–water partition coefficient (Wildman–Crippen LogP) is 2.70. The summed E-state index contributed by atoms with van der Waals surface area (Å²) in [6.45, 7) is 6.37. The summed E-state index contributed by atoms with van der Waals surface area (Å²) in [4.78, 5) is 4.26. The van der Waals surface area contributed by atoms with Crippen LogP contribution >= 0.6 is 0 Å². The van der Waals surface area contributed by atoms with Gasteiger partial charge >= 0.3 is 0 Å². The van der Waals surface area contributed by atoms with Gasteiger partial charge in [0, 0.05) is 12.2 Å². The van der Waals surface area contributed by atoms with Crippen LogP contribution in [0.4, 0.5) is 5.69 Å². The maximum absolute atomic E-state index is 5.41. The molecule has 0 spiro atoms. The molecule has 1 aromatic heterocycles. The van der Waals surface area contributed by atoms with Gasteiger partial charge in [0.05, 0.1) is 13.2 Å². The highest BCUT2D eigenvalue weighted by Gasteiger charge is 2.03. The van der Waals surface area contributed by atoms with Gasteiger partial charge in [-0.3, -0.25) is 0 Å². The largest absolute Gasteiger partial charge is 0.494 e. The minimum absolute atomic E-state index is 0.675. The molecule has 0 bridgehead atoms. The van der Waals surface area contributed by atoms with Gasteiger partial charge in [-0.2, -0.15) is 5.10 Å². The Morgan fingerprint density at radius 3 is 2.68 bits per heavy atom. The Hall–Kier alpha value is -2.04. The first-order valence-electron chi connectivity index (χ1n) is 6.67. The average Bonchev–Trinajstić information content (AvgIpc) is 2.86. The van der Waals surface area contributed by atoms with Crippen molar-refractivity contribution in [3.63, 3.8) is 0 Å². The molecule has 0 aliphatic rings. The van der Waals surface area contributed by atoms with E-state index in [0.717, 1.165) is 30.2 Å². The van der Waals surface area contributed by atoms with Crippen molar-refractivity contribution in [2.45, 2.75) is 33.4 Å². The first-order chi connectivity index (χ1) is 9.33. The molecule has 0 saturated heterocycles. The summed E-state index contributed by atoms with van der Waals surface area (Å²) < 4.78 is 7.34. The highest BCUT2D eigenvalue weighted by molar-refractivity contribution is 5.46. The second kappa shape index (κ2) is 6.78. The van der Waals surface area contributed by atoms with Gasteiger partial charge in [0.25, 0.3) is 0 Å². The van der Waals surface area contributed by atoms with Crippen molar-refractivity contribution in [3.8, 4) is 5.75 Å². The fraction of sp³-hybridized carbons (Fsp3) is 0.429. The van der Waals surface area contributed by atoms with Crippen molar-refractivity contribution in [1.82, 2.24) is 14.8 Å². The van der Waals surface area contributed by atoms with Crippen LogP contribution in [0.5, 0.6) is 5.75 Å². The number of nitrogens with zero attached hydrogens (tertiary/aromatic N) is 3. The van der Waals surface area contributed by atoms with Gasteiger partial charge in [0.2, 0.25) is 0 Å². The molecule has 0 unspecified atom stereocenters. The lowest BCUT2D eigenvalue weighted by molar-refractivity contribution is 0.340. The van der Waals surface area contributed by atoms with E-state index in [2.05, 4.69) is 22.3 Å². The molecule has 1 N–H and O–H groups in total. The third kappa shape index (κ3) is 3.71. The number of anilines is 1. The van der Waals surface area contributed by atoms with Crippen molar-refractivity contribution >= 4 is 5.69 Å². The quantitative estimate of drug-likeness (QED) is 0.831. The fourth-order valence-corrected chi connectivity index (χ4v) is 1.84. The second-order valence-corrected chi connectivity index (χ2v) is 4.21. The lowest BCUT2D eigenvalue weighted by Gasteiger charge is -2.08. The molecule has 1 aromatic carbocycles. The monoisotopic (exact) mass is 260 g/mol. The van der Waals surface area contributed by atoms with E-state index < -0.39 is 0 Å². The van der Waals surface area contributed by atoms with Crippen LogP contribution in [-0.2, 0) is 13.1 Å². The molecule has 2 rings (SSSR count).